The molecule has 1 aromatic heterocycles. The number of hydrogen-bond donors (Lipinski definition) is 2. The number of benzene rings is 4. The van der Waals surface area contributed by atoms with Crippen LogP contribution in [0.2, 0.25) is 6.82 Å². The lowest BCUT2D eigenvalue weighted by Gasteiger charge is -2.51. The molecule has 50 heavy (non-hydrogen) atoms. The molecule has 2 unspecified atom stereocenters. The summed E-state index contributed by atoms with van der Waals surface area (Å²) in [4.78, 5) is 3.46. The molecule has 5 heteroatoms. The quantitative estimate of drug-likeness (QED) is 0.0771. The Kier molecular flexibility index (Phi) is 9.42. The Morgan fingerprint density at radius 3 is 2.40 bits per heavy atom. The van der Waals surface area contributed by atoms with Crippen LogP contribution in [-0.4, -0.2) is 12.8 Å². The number of thiol groups is 1. The first-order chi connectivity index (χ1) is 24.1. The van der Waals surface area contributed by atoms with E-state index >= 15 is 0 Å². The minimum atomic E-state index is -0.312. The Labute approximate surface area is 309 Å². The molecule has 1 aliphatic heterocycles. The molecule has 2 heterocycles. The molecule has 5 aromatic rings. The molecule has 4 aromatic carbocycles. The Bertz CT molecular complexity index is 2200. The summed E-state index contributed by atoms with van der Waals surface area (Å²) in [7, 11) is 1.99. The third-order valence-electron chi connectivity index (χ3n) is 11.4. The molecule has 7 rings (SSSR count). The molecule has 2 bridgehead atoms. The highest BCUT2D eigenvalue weighted by Crippen LogP contribution is 2.59. The predicted molar refractivity (Wildman–Crippen MR) is 221 cm³/mol. The summed E-state index contributed by atoms with van der Waals surface area (Å²) in [6.07, 6.45) is 16.3. The Hall–Kier alpha value is -3.95. The number of allylic oxidation sites excluding steroid dienone is 4. The maximum atomic E-state index is 7.54. The maximum Gasteiger partial charge on any atom is 0.160 e. The first-order valence-corrected chi connectivity index (χ1v) is 19.2. The molecule has 2 aliphatic rings. The third-order valence-corrected chi connectivity index (χ3v) is 13.0. The van der Waals surface area contributed by atoms with Crippen molar-refractivity contribution in [2.75, 3.05) is 4.90 Å². The van der Waals surface area contributed by atoms with Crippen molar-refractivity contribution in [1.29, 1.82) is 0 Å². The minimum Gasteiger partial charge on any atom is -0.324 e. The van der Waals surface area contributed by atoms with Gasteiger partial charge in [0.05, 0.1) is 5.69 Å². The Morgan fingerprint density at radius 1 is 0.960 bits per heavy atom. The van der Waals surface area contributed by atoms with Gasteiger partial charge in [0.15, 0.2) is 7.28 Å². The summed E-state index contributed by atoms with van der Waals surface area (Å²) >= 11 is 7.30. The van der Waals surface area contributed by atoms with Gasteiger partial charge < -0.3 is 10.6 Å². The zero-order chi connectivity index (χ0) is 35.2. The van der Waals surface area contributed by atoms with E-state index in [4.69, 9.17) is 24.8 Å². The van der Waals surface area contributed by atoms with Crippen LogP contribution in [0.1, 0.15) is 68.2 Å². The van der Waals surface area contributed by atoms with E-state index in [1.54, 1.807) is 0 Å². The van der Waals surface area contributed by atoms with Crippen molar-refractivity contribution in [3.63, 3.8) is 0 Å². The van der Waals surface area contributed by atoms with Crippen LogP contribution in [0.4, 0.5) is 10.7 Å². The molecule has 1 radical (unpaired) electrons. The van der Waals surface area contributed by atoms with Gasteiger partial charge in [0.1, 0.15) is 5.00 Å². The van der Waals surface area contributed by atoms with Crippen molar-refractivity contribution in [2.45, 2.75) is 88.9 Å². The molecule has 1 saturated carbocycles. The van der Waals surface area contributed by atoms with E-state index in [0.717, 1.165) is 53.0 Å². The summed E-state index contributed by atoms with van der Waals surface area (Å²) in [5, 5.41) is 2.46. The number of terminal acetylenes is 1. The number of hydrogen-bond acceptors (Lipinski definition) is 4. The highest BCUT2D eigenvalue weighted by atomic mass is 32.1. The molecule has 1 fully saturated rings. The zero-order valence-corrected chi connectivity index (χ0v) is 31.6. The fourth-order valence-electron chi connectivity index (χ4n) is 8.51. The highest BCUT2D eigenvalue weighted by Gasteiger charge is 2.49. The van der Waals surface area contributed by atoms with Crippen LogP contribution in [0.25, 0.3) is 32.3 Å². The van der Waals surface area contributed by atoms with Gasteiger partial charge in [0, 0.05) is 43.6 Å². The van der Waals surface area contributed by atoms with Crippen LogP contribution in [0, 0.1) is 26.2 Å². The second-order valence-corrected chi connectivity index (χ2v) is 15.9. The van der Waals surface area contributed by atoms with Gasteiger partial charge in [-0.05, 0) is 90.2 Å². The van der Waals surface area contributed by atoms with E-state index in [2.05, 4.69) is 130 Å². The van der Waals surface area contributed by atoms with Gasteiger partial charge in [-0.1, -0.05) is 118 Å². The molecule has 0 spiro atoms. The largest absolute Gasteiger partial charge is 0.324 e. The summed E-state index contributed by atoms with van der Waals surface area (Å²) < 4.78 is 1.26. The van der Waals surface area contributed by atoms with E-state index in [9.17, 15) is 0 Å². The first-order valence-electron chi connectivity index (χ1n) is 17.9. The van der Waals surface area contributed by atoms with Crippen LogP contribution in [0.3, 0.4) is 0 Å². The van der Waals surface area contributed by atoms with E-state index < -0.39 is 0 Å². The number of nitrogens with zero attached hydrogens (tertiary/aromatic N) is 1. The SMILES string of the molecule is C#C/C([B]C)=C\C=C(/Cc1ccccc1)N1c2cc(C)cc(c2S)-c2cc(C)cc(C3(C)CCCCC3(N)CC)c2-c2c1sc1ccccc21. The lowest BCUT2D eigenvalue weighted by atomic mass is 9.56. The smallest absolute Gasteiger partial charge is 0.160 e. The molecular weight excluding hydrogens is 643 g/mol. The lowest BCUT2D eigenvalue weighted by molar-refractivity contribution is 0.153. The van der Waals surface area contributed by atoms with Crippen molar-refractivity contribution >= 4 is 52.0 Å². The van der Waals surface area contributed by atoms with Gasteiger partial charge in [-0.2, -0.15) is 0 Å². The number of anilines is 2. The Balaban J connectivity index is 1.65. The summed E-state index contributed by atoms with van der Waals surface area (Å²) in [6.45, 7) is 11.2. The first kappa shape index (κ1) is 34.5. The van der Waals surface area contributed by atoms with Gasteiger partial charge in [0.25, 0.3) is 0 Å². The lowest BCUT2D eigenvalue weighted by Crippen LogP contribution is -2.58. The van der Waals surface area contributed by atoms with Crippen LogP contribution in [0.15, 0.2) is 107 Å². The number of thiophene rings is 1. The Morgan fingerprint density at radius 2 is 1.66 bits per heavy atom. The van der Waals surface area contributed by atoms with Crippen molar-refractivity contribution < 1.29 is 0 Å². The van der Waals surface area contributed by atoms with Crippen molar-refractivity contribution in [1.82, 2.24) is 0 Å². The minimum absolute atomic E-state index is 0.214. The van der Waals surface area contributed by atoms with E-state index in [-0.39, 0.29) is 11.0 Å². The van der Waals surface area contributed by atoms with Gasteiger partial charge in [0.2, 0.25) is 0 Å². The van der Waals surface area contributed by atoms with Crippen molar-refractivity contribution in [3.8, 4) is 34.6 Å². The number of nitrogens with two attached hydrogens (primary N) is 1. The third kappa shape index (κ3) is 5.76. The number of fused-ring (bicyclic) bond motifs is 8. The van der Waals surface area contributed by atoms with Crippen LogP contribution in [0.5, 0.6) is 0 Å². The molecular formula is C45H46BN2S2. The van der Waals surface area contributed by atoms with E-state index in [0.29, 0.717) is 0 Å². The molecule has 0 amide bonds. The van der Waals surface area contributed by atoms with Crippen LogP contribution in [-0.2, 0) is 11.8 Å². The van der Waals surface area contributed by atoms with Gasteiger partial charge >= 0.3 is 0 Å². The van der Waals surface area contributed by atoms with E-state index in [1.165, 1.54) is 66.9 Å². The van der Waals surface area contributed by atoms with Crippen molar-refractivity contribution in [3.05, 3.63) is 124 Å². The van der Waals surface area contributed by atoms with Crippen molar-refractivity contribution in [2.24, 2.45) is 5.73 Å². The zero-order valence-electron chi connectivity index (χ0n) is 29.9. The average Bonchev–Trinajstić information content (AvgIpc) is 3.49. The monoisotopic (exact) mass is 689 g/mol. The topological polar surface area (TPSA) is 29.3 Å². The van der Waals surface area contributed by atoms with Gasteiger partial charge in [-0.15, -0.1) is 30.4 Å². The second-order valence-electron chi connectivity index (χ2n) is 14.5. The fraction of sp³-hybridized carbons (Fsp3) is 0.289. The second kappa shape index (κ2) is 13.6. The molecule has 0 saturated heterocycles. The average molecular weight is 690 g/mol. The standard InChI is InChI=1S/C45H46BN2S2/c1-7-32(46-6)20-21-33(28-31-16-10-9-11-17-31)48-38-27-30(4)25-36(42(38)49)35-24-29(3)26-37(44(5)22-14-15-23-45(44,47)8-2)40(35)41-34-18-12-13-19-39(34)50-43(41)48/h1,9-13,16-21,24-27,49H,8,14-15,22-23,28,47H2,2-6H3/b32-20+,33-21+. The van der Waals surface area contributed by atoms with Gasteiger partial charge in [-0.3, -0.25) is 0 Å². The summed E-state index contributed by atoms with van der Waals surface area (Å²) in [6, 6.07) is 29.1. The molecule has 1 aliphatic carbocycles. The number of rotatable bonds is 7. The van der Waals surface area contributed by atoms with Gasteiger partial charge in [-0.25, -0.2) is 0 Å². The molecule has 2 nitrogen and oxygen atoms in total. The number of aryl methyl sites for hydroxylation is 2. The fourth-order valence-corrected chi connectivity index (χ4v) is 10.1. The summed E-state index contributed by atoms with van der Waals surface area (Å²) in [5.41, 5.74) is 20.1. The van der Waals surface area contributed by atoms with E-state index in [1.807, 2.05) is 25.4 Å². The van der Waals surface area contributed by atoms with Crippen LogP contribution >= 0.6 is 24.0 Å². The maximum absolute atomic E-state index is 7.54. The molecule has 251 valence electrons. The highest BCUT2D eigenvalue weighted by molar-refractivity contribution is 7.80. The molecule has 2 N–H and O–H groups in total. The predicted octanol–water partition coefficient (Wildman–Crippen LogP) is 11.9. The molecule has 2 atom stereocenters. The normalized spacial score (nSPS) is 20.5. The summed E-state index contributed by atoms with van der Waals surface area (Å²) in [5.74, 6) is 2.86. The van der Waals surface area contributed by atoms with Crippen LogP contribution < -0.4 is 10.6 Å².